The summed E-state index contributed by atoms with van der Waals surface area (Å²) >= 11 is 0. The first-order valence-corrected chi connectivity index (χ1v) is 7.95. The van der Waals surface area contributed by atoms with Crippen molar-refractivity contribution in [3.63, 3.8) is 0 Å². The summed E-state index contributed by atoms with van der Waals surface area (Å²) in [6.07, 6.45) is 3.87. The highest BCUT2D eigenvalue weighted by atomic mass is 19.1. The normalized spacial score (nSPS) is 19.8. The van der Waals surface area contributed by atoms with Crippen molar-refractivity contribution in [2.75, 3.05) is 32.7 Å². The lowest BCUT2D eigenvalue weighted by Gasteiger charge is -2.34. The van der Waals surface area contributed by atoms with Gasteiger partial charge >= 0.3 is 0 Å². The monoisotopic (exact) mass is 290 g/mol. The molecule has 0 aromatic heterocycles. The van der Waals surface area contributed by atoms with Crippen molar-refractivity contribution in [3.8, 4) is 0 Å². The number of hydrogen-bond acceptors (Lipinski definition) is 2. The Hall–Kier alpha value is -1.42. The highest BCUT2D eigenvalue weighted by Gasteiger charge is 2.27. The number of benzene rings is 1. The number of rotatable bonds is 5. The Morgan fingerprint density at radius 3 is 2.62 bits per heavy atom. The van der Waals surface area contributed by atoms with Crippen LogP contribution >= 0.6 is 0 Å². The second-order valence-electron chi connectivity index (χ2n) is 6.25. The van der Waals surface area contributed by atoms with Gasteiger partial charge in [0, 0.05) is 39.1 Å². The SMILES string of the molecule is O=C(CCc1cccc(F)c1)N1CCN(CC2CC2)CC1. The van der Waals surface area contributed by atoms with Gasteiger partial charge in [0.15, 0.2) is 0 Å². The molecule has 1 aliphatic heterocycles. The standard InChI is InChI=1S/C17H23FN2O/c18-16-3-1-2-14(12-16)6-7-17(21)20-10-8-19(9-11-20)13-15-4-5-15/h1-3,12,15H,4-11,13H2. The van der Waals surface area contributed by atoms with E-state index in [9.17, 15) is 9.18 Å². The quantitative estimate of drug-likeness (QED) is 0.831. The van der Waals surface area contributed by atoms with Gasteiger partial charge in [0.1, 0.15) is 5.82 Å². The zero-order chi connectivity index (χ0) is 14.7. The lowest BCUT2D eigenvalue weighted by atomic mass is 10.1. The predicted molar refractivity (Wildman–Crippen MR) is 80.5 cm³/mol. The van der Waals surface area contributed by atoms with E-state index < -0.39 is 0 Å². The molecule has 1 aromatic carbocycles. The minimum absolute atomic E-state index is 0.199. The number of halogens is 1. The van der Waals surface area contributed by atoms with E-state index in [0.717, 1.165) is 37.7 Å². The van der Waals surface area contributed by atoms with Gasteiger partial charge in [0.05, 0.1) is 0 Å². The van der Waals surface area contributed by atoms with Crippen LogP contribution in [0, 0.1) is 11.7 Å². The molecule has 114 valence electrons. The molecule has 1 amide bonds. The molecule has 21 heavy (non-hydrogen) atoms. The first kappa shape index (κ1) is 14.5. The third-order valence-electron chi connectivity index (χ3n) is 4.45. The summed E-state index contributed by atoms with van der Waals surface area (Å²) in [5, 5.41) is 0. The average Bonchev–Trinajstić information content (AvgIpc) is 3.30. The third kappa shape index (κ3) is 4.27. The maximum atomic E-state index is 13.1. The van der Waals surface area contributed by atoms with Crippen LogP contribution in [0.5, 0.6) is 0 Å². The average molecular weight is 290 g/mol. The molecule has 3 nitrogen and oxygen atoms in total. The summed E-state index contributed by atoms with van der Waals surface area (Å²) in [5.41, 5.74) is 0.899. The van der Waals surface area contributed by atoms with Crippen molar-refractivity contribution < 1.29 is 9.18 Å². The van der Waals surface area contributed by atoms with Crippen LogP contribution < -0.4 is 0 Å². The van der Waals surface area contributed by atoms with E-state index >= 15 is 0 Å². The van der Waals surface area contributed by atoms with Crippen LogP contribution in [0.4, 0.5) is 4.39 Å². The molecule has 0 radical (unpaired) electrons. The Morgan fingerprint density at radius 2 is 1.95 bits per heavy atom. The molecule has 0 atom stereocenters. The maximum absolute atomic E-state index is 13.1. The van der Waals surface area contributed by atoms with E-state index in [0.29, 0.717) is 12.8 Å². The first-order valence-electron chi connectivity index (χ1n) is 7.95. The van der Waals surface area contributed by atoms with Crippen LogP contribution in [0.25, 0.3) is 0 Å². The van der Waals surface area contributed by atoms with Crippen molar-refractivity contribution >= 4 is 5.91 Å². The number of aryl methyl sites for hydroxylation is 1. The largest absolute Gasteiger partial charge is 0.340 e. The minimum atomic E-state index is -0.228. The second-order valence-corrected chi connectivity index (χ2v) is 6.25. The smallest absolute Gasteiger partial charge is 0.222 e. The van der Waals surface area contributed by atoms with Gasteiger partial charge < -0.3 is 4.90 Å². The molecular weight excluding hydrogens is 267 g/mol. The lowest BCUT2D eigenvalue weighted by Crippen LogP contribution is -2.49. The summed E-state index contributed by atoms with van der Waals surface area (Å²) in [5.74, 6) is 0.888. The Labute approximate surface area is 125 Å². The molecular formula is C17H23FN2O. The van der Waals surface area contributed by atoms with Crippen LogP contribution in [0.3, 0.4) is 0 Å². The molecule has 1 aromatic rings. The molecule has 1 saturated heterocycles. The number of amides is 1. The zero-order valence-electron chi connectivity index (χ0n) is 12.4. The van der Waals surface area contributed by atoms with E-state index in [2.05, 4.69) is 4.90 Å². The van der Waals surface area contributed by atoms with Gasteiger partial charge in [0.25, 0.3) is 0 Å². The molecule has 0 unspecified atom stereocenters. The Balaban J connectivity index is 1.41. The number of hydrogen-bond donors (Lipinski definition) is 0. The summed E-state index contributed by atoms with van der Waals surface area (Å²) in [4.78, 5) is 16.7. The summed E-state index contributed by atoms with van der Waals surface area (Å²) < 4.78 is 13.1. The highest BCUT2D eigenvalue weighted by molar-refractivity contribution is 5.76. The van der Waals surface area contributed by atoms with E-state index in [1.54, 1.807) is 6.07 Å². The predicted octanol–water partition coefficient (Wildman–Crippen LogP) is 2.31. The fourth-order valence-electron chi connectivity index (χ4n) is 2.95. The van der Waals surface area contributed by atoms with Gasteiger partial charge in [-0.3, -0.25) is 9.69 Å². The number of carbonyl (C=O) groups excluding carboxylic acids is 1. The van der Waals surface area contributed by atoms with Gasteiger partial charge in [-0.25, -0.2) is 4.39 Å². The molecule has 2 aliphatic rings. The molecule has 0 N–H and O–H groups in total. The number of carbonyl (C=O) groups is 1. The fraction of sp³-hybridized carbons (Fsp3) is 0.588. The second kappa shape index (κ2) is 6.56. The molecule has 0 spiro atoms. The molecule has 4 heteroatoms. The molecule has 1 heterocycles. The van der Waals surface area contributed by atoms with Crippen LogP contribution in [-0.2, 0) is 11.2 Å². The van der Waals surface area contributed by atoms with Gasteiger partial charge in [-0.2, -0.15) is 0 Å². The van der Waals surface area contributed by atoms with Crippen molar-refractivity contribution in [3.05, 3.63) is 35.6 Å². The van der Waals surface area contributed by atoms with Crippen LogP contribution in [0.2, 0.25) is 0 Å². The van der Waals surface area contributed by atoms with Gasteiger partial charge in [0.2, 0.25) is 5.91 Å². The van der Waals surface area contributed by atoms with Crippen molar-refractivity contribution in [2.45, 2.75) is 25.7 Å². The molecule has 2 fully saturated rings. The Bertz CT molecular complexity index is 493. The summed E-state index contributed by atoms with van der Waals surface area (Å²) in [6.45, 7) is 4.90. The summed E-state index contributed by atoms with van der Waals surface area (Å²) in [6, 6.07) is 6.53. The lowest BCUT2D eigenvalue weighted by molar-refractivity contribution is -0.132. The van der Waals surface area contributed by atoms with Crippen LogP contribution in [0.1, 0.15) is 24.8 Å². The van der Waals surface area contributed by atoms with Crippen molar-refractivity contribution in [1.29, 1.82) is 0 Å². The topological polar surface area (TPSA) is 23.6 Å². The van der Waals surface area contributed by atoms with E-state index in [4.69, 9.17) is 0 Å². The third-order valence-corrected chi connectivity index (χ3v) is 4.45. The molecule has 1 aliphatic carbocycles. The Kier molecular flexibility index (Phi) is 4.54. The van der Waals surface area contributed by atoms with Gasteiger partial charge in [-0.15, -0.1) is 0 Å². The maximum Gasteiger partial charge on any atom is 0.222 e. The number of nitrogens with zero attached hydrogens (tertiary/aromatic N) is 2. The fourth-order valence-corrected chi connectivity index (χ4v) is 2.95. The highest BCUT2D eigenvalue weighted by Crippen LogP contribution is 2.29. The van der Waals surface area contributed by atoms with Crippen molar-refractivity contribution in [1.82, 2.24) is 9.80 Å². The van der Waals surface area contributed by atoms with E-state index in [1.165, 1.54) is 31.5 Å². The first-order chi connectivity index (χ1) is 10.2. The molecule has 1 saturated carbocycles. The van der Waals surface area contributed by atoms with E-state index in [-0.39, 0.29) is 11.7 Å². The van der Waals surface area contributed by atoms with E-state index in [1.807, 2.05) is 11.0 Å². The number of piperazine rings is 1. The van der Waals surface area contributed by atoms with Crippen molar-refractivity contribution in [2.24, 2.45) is 5.92 Å². The van der Waals surface area contributed by atoms with Crippen LogP contribution in [0.15, 0.2) is 24.3 Å². The minimum Gasteiger partial charge on any atom is -0.340 e. The molecule has 0 bridgehead atoms. The van der Waals surface area contributed by atoms with Gasteiger partial charge in [-0.05, 0) is 42.9 Å². The molecule has 3 rings (SSSR count). The Morgan fingerprint density at radius 1 is 1.19 bits per heavy atom. The zero-order valence-corrected chi connectivity index (χ0v) is 12.4. The van der Waals surface area contributed by atoms with Gasteiger partial charge in [-0.1, -0.05) is 12.1 Å². The summed E-state index contributed by atoms with van der Waals surface area (Å²) in [7, 11) is 0. The van der Waals surface area contributed by atoms with Crippen LogP contribution in [-0.4, -0.2) is 48.4 Å².